The van der Waals surface area contributed by atoms with Crippen molar-refractivity contribution in [2.45, 2.75) is 19.5 Å². The molecule has 0 radical (unpaired) electrons. The van der Waals surface area contributed by atoms with Gasteiger partial charge in [0.2, 0.25) is 0 Å². The topological polar surface area (TPSA) is 53.6 Å². The molecule has 0 aromatic heterocycles. The summed E-state index contributed by atoms with van der Waals surface area (Å²) in [4.78, 5) is 14.1. The van der Waals surface area contributed by atoms with Crippen molar-refractivity contribution in [3.8, 4) is 17.6 Å². The van der Waals surface area contributed by atoms with E-state index < -0.39 is 0 Å². The number of hydrogen-bond donors (Lipinski definition) is 2. The van der Waals surface area contributed by atoms with Gasteiger partial charge in [0.05, 0.1) is 20.2 Å². The number of nitrogens with one attached hydrogen (secondary N) is 2. The standard InChI is InChI=1S/C22H25N3O2/c1-27-21-10-8-18(9-11-21)16-24-22(26)23-13-4-5-14-25-15-12-19-6-2-3-7-20(19)17-25/h2-3,6-11H,12-17H2,1H3,(H2,23,24,26). The highest BCUT2D eigenvalue weighted by molar-refractivity contribution is 5.74. The van der Waals surface area contributed by atoms with Gasteiger partial charge in [-0.25, -0.2) is 4.79 Å². The second-order valence-corrected chi connectivity index (χ2v) is 6.47. The van der Waals surface area contributed by atoms with E-state index in [9.17, 15) is 4.79 Å². The SMILES string of the molecule is COc1ccc(CNC(=O)NCC#CCN2CCc3ccccc3C2)cc1. The molecule has 2 N–H and O–H groups in total. The molecule has 1 heterocycles. The summed E-state index contributed by atoms with van der Waals surface area (Å²) in [7, 11) is 1.63. The van der Waals surface area contributed by atoms with Gasteiger partial charge < -0.3 is 15.4 Å². The van der Waals surface area contributed by atoms with Crippen LogP contribution in [-0.2, 0) is 19.5 Å². The zero-order chi connectivity index (χ0) is 18.9. The Labute approximate surface area is 160 Å². The number of carbonyl (C=O) groups is 1. The lowest BCUT2D eigenvalue weighted by Gasteiger charge is -2.26. The van der Waals surface area contributed by atoms with E-state index in [1.165, 1.54) is 11.1 Å². The first-order chi connectivity index (χ1) is 13.2. The molecule has 0 fully saturated rings. The van der Waals surface area contributed by atoms with Crippen molar-refractivity contribution >= 4 is 6.03 Å². The molecule has 140 valence electrons. The van der Waals surface area contributed by atoms with Crippen molar-refractivity contribution < 1.29 is 9.53 Å². The molecule has 2 aromatic rings. The van der Waals surface area contributed by atoms with Gasteiger partial charge in [0, 0.05) is 19.6 Å². The van der Waals surface area contributed by atoms with E-state index in [2.05, 4.69) is 51.6 Å². The molecule has 5 heteroatoms. The Hall–Kier alpha value is -2.97. The van der Waals surface area contributed by atoms with Crippen molar-refractivity contribution in [3.05, 3.63) is 65.2 Å². The summed E-state index contributed by atoms with van der Waals surface area (Å²) >= 11 is 0. The number of methoxy groups -OCH3 is 1. The van der Waals surface area contributed by atoms with Crippen LogP contribution in [0.25, 0.3) is 0 Å². The van der Waals surface area contributed by atoms with Crippen LogP contribution in [0.4, 0.5) is 4.79 Å². The fourth-order valence-electron chi connectivity index (χ4n) is 3.03. The van der Waals surface area contributed by atoms with Crippen molar-refractivity contribution in [3.63, 3.8) is 0 Å². The number of ether oxygens (including phenoxy) is 1. The normalized spacial score (nSPS) is 13.1. The van der Waals surface area contributed by atoms with Crippen molar-refractivity contribution in [1.82, 2.24) is 15.5 Å². The third kappa shape index (κ3) is 5.77. The summed E-state index contributed by atoms with van der Waals surface area (Å²) in [6, 6.07) is 16.0. The molecule has 3 rings (SSSR count). The fraction of sp³-hybridized carbons (Fsp3) is 0.318. The van der Waals surface area contributed by atoms with E-state index in [4.69, 9.17) is 4.74 Å². The molecule has 0 atom stereocenters. The molecule has 0 bridgehead atoms. The average Bonchev–Trinajstić information content (AvgIpc) is 2.72. The first kappa shape index (κ1) is 18.8. The zero-order valence-electron chi connectivity index (χ0n) is 15.6. The summed E-state index contributed by atoms with van der Waals surface area (Å²) in [6.07, 6.45) is 1.07. The predicted molar refractivity (Wildman–Crippen MR) is 106 cm³/mol. The van der Waals surface area contributed by atoms with Crippen molar-refractivity contribution in [2.24, 2.45) is 0 Å². The van der Waals surface area contributed by atoms with Gasteiger partial charge in [-0.15, -0.1) is 0 Å². The lowest BCUT2D eigenvalue weighted by atomic mass is 10.0. The predicted octanol–water partition coefficient (Wildman–Crippen LogP) is 2.56. The Morgan fingerprint density at radius 3 is 2.63 bits per heavy atom. The van der Waals surface area contributed by atoms with E-state index in [1.54, 1.807) is 7.11 Å². The molecule has 0 saturated carbocycles. The van der Waals surface area contributed by atoms with Crippen molar-refractivity contribution in [2.75, 3.05) is 26.7 Å². The highest BCUT2D eigenvalue weighted by atomic mass is 16.5. The molecule has 27 heavy (non-hydrogen) atoms. The van der Waals surface area contributed by atoms with Crippen LogP contribution in [-0.4, -0.2) is 37.7 Å². The Morgan fingerprint density at radius 2 is 1.85 bits per heavy atom. The summed E-state index contributed by atoms with van der Waals surface area (Å²) in [5.74, 6) is 6.97. The van der Waals surface area contributed by atoms with Crippen LogP contribution in [0.1, 0.15) is 16.7 Å². The van der Waals surface area contributed by atoms with E-state index in [0.717, 1.165) is 37.4 Å². The largest absolute Gasteiger partial charge is 0.497 e. The van der Waals surface area contributed by atoms with Crippen LogP contribution in [0.2, 0.25) is 0 Å². The molecule has 0 aliphatic carbocycles. The van der Waals surface area contributed by atoms with Gasteiger partial charge in [-0.1, -0.05) is 48.2 Å². The van der Waals surface area contributed by atoms with Gasteiger partial charge in [-0.2, -0.15) is 0 Å². The second kappa shape index (κ2) is 9.65. The van der Waals surface area contributed by atoms with E-state index in [1.807, 2.05) is 24.3 Å². The molecule has 0 spiro atoms. The van der Waals surface area contributed by atoms with Gasteiger partial charge in [-0.3, -0.25) is 4.90 Å². The monoisotopic (exact) mass is 363 g/mol. The highest BCUT2D eigenvalue weighted by Crippen LogP contribution is 2.17. The molecule has 0 saturated heterocycles. The quantitative estimate of drug-likeness (QED) is 0.803. The first-order valence-corrected chi connectivity index (χ1v) is 9.14. The summed E-state index contributed by atoms with van der Waals surface area (Å²) in [5, 5.41) is 5.58. The third-order valence-electron chi connectivity index (χ3n) is 4.59. The van der Waals surface area contributed by atoms with Crippen LogP contribution >= 0.6 is 0 Å². The minimum Gasteiger partial charge on any atom is -0.497 e. The van der Waals surface area contributed by atoms with Crippen LogP contribution in [0.3, 0.4) is 0 Å². The maximum Gasteiger partial charge on any atom is 0.315 e. The number of carbonyl (C=O) groups excluding carboxylic acids is 1. The van der Waals surface area contributed by atoms with Crippen LogP contribution in [0, 0.1) is 11.8 Å². The number of nitrogens with zero attached hydrogens (tertiary/aromatic N) is 1. The number of rotatable bonds is 5. The lowest BCUT2D eigenvalue weighted by molar-refractivity contribution is 0.241. The molecule has 2 aromatic carbocycles. The smallest absolute Gasteiger partial charge is 0.315 e. The van der Waals surface area contributed by atoms with Gasteiger partial charge in [-0.05, 0) is 35.2 Å². The fourth-order valence-corrected chi connectivity index (χ4v) is 3.03. The molecule has 0 unspecified atom stereocenters. The van der Waals surface area contributed by atoms with Crippen LogP contribution in [0.15, 0.2) is 48.5 Å². The zero-order valence-corrected chi connectivity index (χ0v) is 15.6. The third-order valence-corrected chi connectivity index (χ3v) is 4.59. The molecule has 5 nitrogen and oxygen atoms in total. The Morgan fingerprint density at radius 1 is 1.07 bits per heavy atom. The molecular weight excluding hydrogens is 338 g/mol. The number of benzene rings is 2. The maximum atomic E-state index is 11.8. The molecule has 1 aliphatic rings. The van der Waals surface area contributed by atoms with Gasteiger partial charge in [0.1, 0.15) is 5.75 Å². The van der Waals surface area contributed by atoms with Gasteiger partial charge in [0.15, 0.2) is 0 Å². The van der Waals surface area contributed by atoms with Crippen molar-refractivity contribution in [1.29, 1.82) is 0 Å². The maximum absolute atomic E-state index is 11.8. The first-order valence-electron chi connectivity index (χ1n) is 9.14. The minimum atomic E-state index is -0.216. The number of fused-ring (bicyclic) bond motifs is 1. The Bertz CT molecular complexity index is 821. The van der Waals surface area contributed by atoms with Gasteiger partial charge >= 0.3 is 6.03 Å². The number of urea groups is 1. The minimum absolute atomic E-state index is 0.216. The summed E-state index contributed by atoms with van der Waals surface area (Å²) < 4.78 is 5.11. The molecular formula is C22H25N3O2. The molecule has 2 amide bonds. The van der Waals surface area contributed by atoms with E-state index >= 15 is 0 Å². The Balaban J connectivity index is 1.33. The summed E-state index contributed by atoms with van der Waals surface area (Å²) in [5.41, 5.74) is 3.85. The Kier molecular flexibility index (Phi) is 6.72. The van der Waals surface area contributed by atoms with Gasteiger partial charge in [0.25, 0.3) is 0 Å². The van der Waals surface area contributed by atoms with Crippen LogP contribution in [0.5, 0.6) is 5.75 Å². The summed E-state index contributed by atoms with van der Waals surface area (Å²) in [6.45, 7) is 3.51. The highest BCUT2D eigenvalue weighted by Gasteiger charge is 2.13. The van der Waals surface area contributed by atoms with E-state index in [0.29, 0.717) is 13.1 Å². The second-order valence-electron chi connectivity index (χ2n) is 6.47. The number of hydrogen-bond acceptors (Lipinski definition) is 3. The average molecular weight is 363 g/mol. The van der Waals surface area contributed by atoms with Crippen LogP contribution < -0.4 is 15.4 Å². The van der Waals surface area contributed by atoms with E-state index in [-0.39, 0.29) is 6.03 Å². The lowest BCUT2D eigenvalue weighted by Crippen LogP contribution is -2.35. The number of amides is 2. The molecule has 1 aliphatic heterocycles.